The van der Waals surface area contributed by atoms with Crippen molar-refractivity contribution in [3.05, 3.63) is 87.9 Å². The Morgan fingerprint density at radius 2 is 1.83 bits per heavy atom. The van der Waals surface area contributed by atoms with Gasteiger partial charge in [0.2, 0.25) is 5.91 Å². The lowest BCUT2D eigenvalue weighted by Gasteiger charge is -2.10. The average Bonchev–Trinajstić information content (AvgIpc) is 2.73. The largest absolute Gasteiger partial charge is 0.488 e. The monoisotopic (exact) mass is 426 g/mol. The molecule has 0 aliphatic rings. The molecule has 0 spiro atoms. The second-order valence-corrected chi connectivity index (χ2v) is 7.11. The van der Waals surface area contributed by atoms with Gasteiger partial charge in [0.15, 0.2) is 0 Å². The fourth-order valence-corrected chi connectivity index (χ4v) is 3.00. The second-order valence-electron chi connectivity index (χ2n) is 6.27. The summed E-state index contributed by atoms with van der Waals surface area (Å²) >= 11 is 12.2. The number of carbonyl (C=O) groups excluding carboxylic acids is 1. The highest BCUT2D eigenvalue weighted by atomic mass is 35.5. The van der Waals surface area contributed by atoms with Crippen LogP contribution in [0.2, 0.25) is 10.0 Å². The zero-order chi connectivity index (χ0) is 20.6. The Balaban J connectivity index is 1.69. The summed E-state index contributed by atoms with van der Waals surface area (Å²) in [5.74, 6) is 0.683. The third-order valence-electron chi connectivity index (χ3n) is 4.14. The summed E-state index contributed by atoms with van der Waals surface area (Å²) < 4.78 is 5.94. The Hall–Kier alpha value is -2.82. The van der Waals surface area contributed by atoms with E-state index in [1.54, 1.807) is 18.3 Å². The standard InChI is InChI=1S/C23H20Cl2N2O2/c1-2-23(28)27-20-11-9-19(10-12-20)26-14-16-5-3-4-6-22(16)29-15-17-7-8-18(24)13-21(17)25/h3-14H,2,15H2,1H3,(H,27,28). The van der Waals surface area contributed by atoms with Crippen molar-refractivity contribution in [1.29, 1.82) is 0 Å². The van der Waals surface area contributed by atoms with Crippen LogP contribution in [-0.4, -0.2) is 12.1 Å². The Bertz CT molecular complexity index is 1020. The fourth-order valence-electron chi connectivity index (χ4n) is 2.54. The third-order valence-corrected chi connectivity index (χ3v) is 4.73. The highest BCUT2D eigenvalue weighted by Crippen LogP contribution is 2.24. The quantitative estimate of drug-likeness (QED) is 0.428. The molecule has 0 fully saturated rings. The summed E-state index contributed by atoms with van der Waals surface area (Å²) in [6, 6.07) is 20.3. The van der Waals surface area contributed by atoms with Gasteiger partial charge in [0.05, 0.1) is 5.69 Å². The summed E-state index contributed by atoms with van der Waals surface area (Å²) in [4.78, 5) is 15.9. The first-order valence-electron chi connectivity index (χ1n) is 9.15. The SMILES string of the molecule is CCC(=O)Nc1ccc(N=Cc2ccccc2OCc2ccc(Cl)cc2Cl)cc1. The van der Waals surface area contributed by atoms with Crippen molar-refractivity contribution in [2.45, 2.75) is 20.0 Å². The Morgan fingerprint density at radius 3 is 2.55 bits per heavy atom. The van der Waals surface area contributed by atoms with Crippen LogP contribution in [0.1, 0.15) is 24.5 Å². The molecule has 1 N–H and O–H groups in total. The summed E-state index contributed by atoms with van der Waals surface area (Å²) in [6.45, 7) is 2.14. The van der Waals surface area contributed by atoms with Gasteiger partial charge in [-0.05, 0) is 48.5 Å². The zero-order valence-corrected chi connectivity index (χ0v) is 17.4. The molecule has 3 aromatic carbocycles. The molecule has 6 heteroatoms. The average molecular weight is 427 g/mol. The number of rotatable bonds is 7. The Labute approximate surface area is 180 Å². The molecule has 0 saturated carbocycles. The maximum Gasteiger partial charge on any atom is 0.224 e. The van der Waals surface area contributed by atoms with Gasteiger partial charge in [-0.3, -0.25) is 9.79 Å². The normalized spacial score (nSPS) is 10.9. The summed E-state index contributed by atoms with van der Waals surface area (Å²) in [6.07, 6.45) is 2.19. The first-order valence-corrected chi connectivity index (χ1v) is 9.90. The number of ether oxygens (including phenoxy) is 1. The van der Waals surface area contributed by atoms with Gasteiger partial charge in [-0.15, -0.1) is 0 Å². The Morgan fingerprint density at radius 1 is 1.07 bits per heavy atom. The third kappa shape index (κ3) is 6.08. The molecule has 0 heterocycles. The maximum absolute atomic E-state index is 11.4. The molecular formula is C23H20Cl2N2O2. The molecule has 3 aromatic rings. The molecule has 0 aliphatic carbocycles. The molecule has 148 valence electrons. The van der Waals surface area contributed by atoms with E-state index in [-0.39, 0.29) is 5.91 Å². The van der Waals surface area contributed by atoms with Crippen LogP contribution in [0, 0.1) is 0 Å². The number of aliphatic imine (C=N–C) groups is 1. The van der Waals surface area contributed by atoms with Gasteiger partial charge in [0.1, 0.15) is 12.4 Å². The van der Waals surface area contributed by atoms with Crippen LogP contribution in [0.4, 0.5) is 11.4 Å². The van der Waals surface area contributed by atoms with E-state index in [1.807, 2.05) is 61.5 Å². The molecule has 0 unspecified atom stereocenters. The lowest BCUT2D eigenvalue weighted by atomic mass is 10.2. The number of hydrogen-bond donors (Lipinski definition) is 1. The van der Waals surface area contributed by atoms with E-state index in [9.17, 15) is 4.79 Å². The van der Waals surface area contributed by atoms with Gasteiger partial charge in [-0.25, -0.2) is 0 Å². The molecule has 1 amide bonds. The molecule has 0 aromatic heterocycles. The molecule has 0 bridgehead atoms. The van der Waals surface area contributed by atoms with Gasteiger partial charge < -0.3 is 10.1 Å². The van der Waals surface area contributed by atoms with Crippen LogP contribution in [0.5, 0.6) is 5.75 Å². The van der Waals surface area contributed by atoms with Crippen LogP contribution in [0.3, 0.4) is 0 Å². The van der Waals surface area contributed by atoms with Crippen LogP contribution >= 0.6 is 23.2 Å². The summed E-state index contributed by atoms with van der Waals surface area (Å²) in [5, 5.41) is 3.97. The lowest BCUT2D eigenvalue weighted by molar-refractivity contribution is -0.115. The number of anilines is 1. The number of amides is 1. The van der Waals surface area contributed by atoms with E-state index in [0.717, 1.165) is 22.5 Å². The minimum atomic E-state index is -0.0203. The number of nitrogens with zero attached hydrogens (tertiary/aromatic N) is 1. The lowest BCUT2D eigenvalue weighted by Crippen LogP contribution is -2.08. The van der Waals surface area contributed by atoms with Gasteiger partial charge in [0, 0.05) is 39.5 Å². The van der Waals surface area contributed by atoms with Crippen LogP contribution in [0.15, 0.2) is 71.7 Å². The van der Waals surface area contributed by atoms with Gasteiger partial charge in [-0.2, -0.15) is 0 Å². The summed E-state index contributed by atoms with van der Waals surface area (Å²) in [5.41, 5.74) is 3.22. The number of halogens is 2. The van der Waals surface area contributed by atoms with Crippen LogP contribution < -0.4 is 10.1 Å². The molecular weight excluding hydrogens is 407 g/mol. The minimum absolute atomic E-state index is 0.0203. The number of carbonyl (C=O) groups is 1. The summed E-state index contributed by atoms with van der Waals surface area (Å²) in [7, 11) is 0. The van der Waals surface area contributed by atoms with Crippen LogP contribution in [-0.2, 0) is 11.4 Å². The van der Waals surface area contributed by atoms with Gasteiger partial charge >= 0.3 is 0 Å². The smallest absolute Gasteiger partial charge is 0.224 e. The van der Waals surface area contributed by atoms with E-state index >= 15 is 0 Å². The second kappa shape index (κ2) is 10.1. The van der Waals surface area contributed by atoms with Crippen molar-refractivity contribution in [3.63, 3.8) is 0 Å². The van der Waals surface area contributed by atoms with Crippen molar-refractivity contribution in [2.75, 3.05) is 5.32 Å². The number of nitrogens with one attached hydrogen (secondary N) is 1. The molecule has 0 aliphatic heterocycles. The van der Waals surface area contributed by atoms with E-state index in [4.69, 9.17) is 27.9 Å². The minimum Gasteiger partial charge on any atom is -0.488 e. The highest BCUT2D eigenvalue weighted by Gasteiger charge is 2.05. The van der Waals surface area contributed by atoms with Crippen molar-refractivity contribution in [2.24, 2.45) is 4.99 Å². The van der Waals surface area contributed by atoms with Gasteiger partial charge in [0.25, 0.3) is 0 Å². The zero-order valence-electron chi connectivity index (χ0n) is 15.9. The number of hydrogen-bond acceptors (Lipinski definition) is 3. The molecule has 0 radical (unpaired) electrons. The van der Waals surface area contributed by atoms with E-state index < -0.39 is 0 Å². The predicted octanol–water partition coefficient (Wildman–Crippen LogP) is 6.67. The molecule has 4 nitrogen and oxygen atoms in total. The van der Waals surface area contributed by atoms with Crippen molar-refractivity contribution in [3.8, 4) is 5.75 Å². The van der Waals surface area contributed by atoms with E-state index in [2.05, 4.69) is 10.3 Å². The molecule has 3 rings (SSSR count). The van der Waals surface area contributed by atoms with E-state index in [1.165, 1.54) is 0 Å². The molecule has 29 heavy (non-hydrogen) atoms. The topological polar surface area (TPSA) is 50.7 Å². The van der Waals surface area contributed by atoms with Crippen LogP contribution in [0.25, 0.3) is 0 Å². The van der Waals surface area contributed by atoms with Gasteiger partial charge in [-0.1, -0.05) is 48.3 Å². The van der Waals surface area contributed by atoms with Crippen molar-refractivity contribution >= 4 is 46.7 Å². The fraction of sp³-hybridized carbons (Fsp3) is 0.130. The Kier molecular flexibility index (Phi) is 7.28. The predicted molar refractivity (Wildman–Crippen MR) is 120 cm³/mol. The van der Waals surface area contributed by atoms with E-state index in [0.29, 0.717) is 28.8 Å². The first kappa shape index (κ1) is 20.9. The first-order chi connectivity index (χ1) is 14.0. The number of para-hydroxylation sites is 1. The highest BCUT2D eigenvalue weighted by molar-refractivity contribution is 6.35. The molecule has 0 atom stereocenters. The maximum atomic E-state index is 11.4. The van der Waals surface area contributed by atoms with Crippen molar-refractivity contribution < 1.29 is 9.53 Å². The number of benzene rings is 3. The van der Waals surface area contributed by atoms with Crippen molar-refractivity contribution in [1.82, 2.24) is 0 Å². The molecule has 0 saturated heterocycles.